The number of carbonyl (C=O) groups is 1. The highest BCUT2D eigenvalue weighted by molar-refractivity contribution is 5.81. The molecule has 1 aliphatic carbocycles. The minimum Gasteiger partial charge on any atom is -0.352 e. The topological polar surface area (TPSA) is 41.1 Å². The van der Waals surface area contributed by atoms with Crippen LogP contribution in [0, 0.1) is 0 Å². The van der Waals surface area contributed by atoms with Crippen LogP contribution in [-0.2, 0) is 4.79 Å². The summed E-state index contributed by atoms with van der Waals surface area (Å²) >= 11 is 0. The molecule has 1 aromatic rings. The Labute approximate surface area is 108 Å². The fraction of sp³-hybridized carbons (Fsp3) is 0.400. The van der Waals surface area contributed by atoms with Crippen LogP contribution in [0.3, 0.4) is 0 Å². The van der Waals surface area contributed by atoms with E-state index in [-0.39, 0.29) is 11.9 Å². The number of benzene rings is 1. The molecule has 2 N–H and O–H groups in total. The molecule has 3 heteroatoms. The molecule has 96 valence electrons. The third-order valence-corrected chi connectivity index (χ3v) is 2.97. The van der Waals surface area contributed by atoms with Gasteiger partial charge in [-0.15, -0.1) is 0 Å². The summed E-state index contributed by atoms with van der Waals surface area (Å²) in [7, 11) is 0. The van der Waals surface area contributed by atoms with Gasteiger partial charge in [-0.05, 0) is 25.3 Å². The Kier molecular flexibility index (Phi) is 4.53. The van der Waals surface area contributed by atoms with E-state index in [1.807, 2.05) is 31.2 Å². The number of amides is 1. The minimum atomic E-state index is -0.133. The Balaban J connectivity index is 1.67. The van der Waals surface area contributed by atoms with Gasteiger partial charge in [0.05, 0.1) is 6.04 Å². The van der Waals surface area contributed by atoms with Gasteiger partial charge in [-0.3, -0.25) is 4.79 Å². The van der Waals surface area contributed by atoms with Gasteiger partial charge in [0.15, 0.2) is 0 Å². The maximum Gasteiger partial charge on any atom is 0.237 e. The van der Waals surface area contributed by atoms with E-state index in [1.165, 1.54) is 5.56 Å². The summed E-state index contributed by atoms with van der Waals surface area (Å²) in [5.74, 6) is 0.102. The van der Waals surface area contributed by atoms with Crippen molar-refractivity contribution in [3.05, 3.63) is 42.0 Å². The average molecular weight is 244 g/mol. The maximum atomic E-state index is 11.7. The van der Waals surface area contributed by atoms with Gasteiger partial charge < -0.3 is 10.6 Å². The van der Waals surface area contributed by atoms with Crippen molar-refractivity contribution in [3.8, 4) is 0 Å². The van der Waals surface area contributed by atoms with Crippen LogP contribution in [0.25, 0.3) is 6.08 Å². The Morgan fingerprint density at radius 3 is 2.78 bits per heavy atom. The fourth-order valence-corrected chi connectivity index (χ4v) is 1.65. The molecule has 0 spiro atoms. The molecule has 1 aromatic carbocycles. The van der Waals surface area contributed by atoms with Crippen LogP contribution in [0.1, 0.15) is 25.3 Å². The molecule has 0 saturated heterocycles. The van der Waals surface area contributed by atoms with Gasteiger partial charge in [-0.25, -0.2) is 0 Å². The van der Waals surface area contributed by atoms with Crippen LogP contribution < -0.4 is 10.6 Å². The molecule has 1 atom stereocenters. The molecule has 1 unspecified atom stereocenters. The zero-order chi connectivity index (χ0) is 12.8. The van der Waals surface area contributed by atoms with Crippen molar-refractivity contribution in [2.24, 2.45) is 0 Å². The Morgan fingerprint density at radius 1 is 1.39 bits per heavy atom. The van der Waals surface area contributed by atoms with Gasteiger partial charge in [0.1, 0.15) is 0 Å². The molecular weight excluding hydrogens is 224 g/mol. The maximum absolute atomic E-state index is 11.7. The Bertz CT molecular complexity index is 410. The summed E-state index contributed by atoms with van der Waals surface area (Å²) in [5.41, 5.74) is 1.18. The average Bonchev–Trinajstić information content (AvgIpc) is 3.19. The number of carbonyl (C=O) groups excluding carboxylic acids is 1. The van der Waals surface area contributed by atoms with Crippen LogP contribution >= 0.6 is 0 Å². The van der Waals surface area contributed by atoms with E-state index in [4.69, 9.17) is 0 Å². The predicted octanol–water partition coefficient (Wildman–Crippen LogP) is 1.96. The van der Waals surface area contributed by atoms with E-state index in [1.54, 1.807) is 0 Å². The van der Waals surface area contributed by atoms with Crippen LogP contribution in [0.2, 0.25) is 0 Å². The highest BCUT2D eigenvalue weighted by atomic mass is 16.2. The summed E-state index contributed by atoms with van der Waals surface area (Å²) in [6.07, 6.45) is 6.35. The zero-order valence-corrected chi connectivity index (χ0v) is 10.7. The molecule has 1 aliphatic rings. The second-order valence-electron chi connectivity index (χ2n) is 4.73. The first-order valence-electron chi connectivity index (χ1n) is 6.51. The van der Waals surface area contributed by atoms with Crippen LogP contribution in [0.4, 0.5) is 0 Å². The Morgan fingerprint density at radius 2 is 2.11 bits per heavy atom. The monoisotopic (exact) mass is 244 g/mol. The van der Waals surface area contributed by atoms with Crippen LogP contribution in [-0.4, -0.2) is 24.5 Å². The van der Waals surface area contributed by atoms with Gasteiger partial charge >= 0.3 is 0 Å². The van der Waals surface area contributed by atoms with Crippen molar-refractivity contribution in [1.29, 1.82) is 0 Å². The Hall–Kier alpha value is -1.61. The minimum absolute atomic E-state index is 0.102. The first-order valence-corrected chi connectivity index (χ1v) is 6.51. The van der Waals surface area contributed by atoms with E-state index in [2.05, 4.69) is 28.8 Å². The lowest BCUT2D eigenvalue weighted by Gasteiger charge is -2.12. The van der Waals surface area contributed by atoms with Crippen LogP contribution in [0.5, 0.6) is 0 Å². The smallest absolute Gasteiger partial charge is 0.237 e. The lowest BCUT2D eigenvalue weighted by atomic mass is 10.2. The largest absolute Gasteiger partial charge is 0.352 e. The number of hydrogen-bond acceptors (Lipinski definition) is 2. The summed E-state index contributed by atoms with van der Waals surface area (Å²) in [4.78, 5) is 11.7. The fourth-order valence-electron chi connectivity index (χ4n) is 1.65. The van der Waals surface area contributed by atoms with Crippen molar-refractivity contribution in [1.82, 2.24) is 10.6 Å². The highest BCUT2D eigenvalue weighted by Gasteiger charge is 2.25. The molecule has 1 fully saturated rings. The van der Waals surface area contributed by atoms with Crippen molar-refractivity contribution in [3.63, 3.8) is 0 Å². The molecule has 18 heavy (non-hydrogen) atoms. The lowest BCUT2D eigenvalue weighted by Crippen LogP contribution is -2.43. The van der Waals surface area contributed by atoms with Gasteiger partial charge in [-0.1, -0.05) is 42.5 Å². The van der Waals surface area contributed by atoms with Crippen molar-refractivity contribution >= 4 is 12.0 Å². The van der Waals surface area contributed by atoms with Crippen molar-refractivity contribution < 1.29 is 4.79 Å². The number of hydrogen-bond donors (Lipinski definition) is 2. The normalized spacial score (nSPS) is 16.7. The third kappa shape index (κ3) is 4.34. The third-order valence-electron chi connectivity index (χ3n) is 2.97. The van der Waals surface area contributed by atoms with E-state index in [9.17, 15) is 4.79 Å². The second kappa shape index (κ2) is 6.36. The molecular formula is C15H20N2O. The molecule has 0 aliphatic heterocycles. The summed E-state index contributed by atoms with van der Waals surface area (Å²) in [6.45, 7) is 2.60. The molecule has 0 bridgehead atoms. The molecule has 0 aromatic heterocycles. The molecule has 1 amide bonds. The second-order valence-corrected chi connectivity index (χ2v) is 4.73. The van der Waals surface area contributed by atoms with Gasteiger partial charge in [0.2, 0.25) is 5.91 Å². The summed E-state index contributed by atoms with van der Waals surface area (Å²) in [6, 6.07) is 10.4. The van der Waals surface area contributed by atoms with E-state index in [0.29, 0.717) is 12.6 Å². The molecule has 1 saturated carbocycles. The summed E-state index contributed by atoms with van der Waals surface area (Å²) < 4.78 is 0. The predicted molar refractivity (Wildman–Crippen MR) is 74.1 cm³/mol. The first-order chi connectivity index (χ1) is 8.75. The number of rotatable bonds is 6. The zero-order valence-electron chi connectivity index (χ0n) is 10.7. The SMILES string of the molecule is CC(NC/C=C/c1ccccc1)C(=O)NC1CC1. The molecule has 0 radical (unpaired) electrons. The van der Waals surface area contributed by atoms with Crippen molar-refractivity contribution in [2.45, 2.75) is 31.8 Å². The quantitative estimate of drug-likeness (QED) is 0.803. The van der Waals surface area contributed by atoms with E-state index >= 15 is 0 Å². The van der Waals surface area contributed by atoms with E-state index < -0.39 is 0 Å². The molecule has 0 heterocycles. The van der Waals surface area contributed by atoms with E-state index in [0.717, 1.165) is 12.8 Å². The molecule has 2 rings (SSSR count). The van der Waals surface area contributed by atoms with Gasteiger partial charge in [-0.2, -0.15) is 0 Å². The van der Waals surface area contributed by atoms with Gasteiger partial charge in [0.25, 0.3) is 0 Å². The van der Waals surface area contributed by atoms with Gasteiger partial charge in [0, 0.05) is 12.6 Å². The summed E-state index contributed by atoms with van der Waals surface area (Å²) in [5, 5.41) is 6.17. The standard InChI is InChI=1S/C15H20N2O/c1-12(15(18)17-14-9-10-14)16-11-5-8-13-6-3-2-4-7-13/h2-8,12,14,16H,9-11H2,1H3,(H,17,18)/b8-5+. The first kappa shape index (κ1) is 12.8. The lowest BCUT2D eigenvalue weighted by molar-refractivity contribution is -0.122. The van der Waals surface area contributed by atoms with Crippen molar-refractivity contribution in [2.75, 3.05) is 6.54 Å². The van der Waals surface area contributed by atoms with Crippen LogP contribution in [0.15, 0.2) is 36.4 Å². The highest BCUT2D eigenvalue weighted by Crippen LogP contribution is 2.18. The molecule has 3 nitrogen and oxygen atoms in total. The number of nitrogens with one attached hydrogen (secondary N) is 2.